The maximum absolute atomic E-state index is 15.6. The highest BCUT2D eigenvalue weighted by Gasteiger charge is 2.27. The largest absolute Gasteiger partial charge is 0.491 e. The van der Waals surface area contributed by atoms with Crippen LogP contribution in [0.15, 0.2) is 18.2 Å². The lowest BCUT2D eigenvalue weighted by molar-refractivity contribution is 0.354. The van der Waals surface area contributed by atoms with Crippen LogP contribution in [0.3, 0.4) is 0 Å². The van der Waals surface area contributed by atoms with E-state index in [-0.39, 0.29) is 5.82 Å². The molecule has 0 atom stereocenters. The molecular formula is C20H24FN5O. The standard InChI is InChI=1S/C20H24FN5O/c1-12-10-14(22-2)11-16(24-12)26-20-18(21)17(13-4-3-7-23-8-5-13)19-15(25-20)6-9-27-19/h5,10-11,23H,3-4,6-9H2,1-2H3,(H2,22,24,25,26)/i2D3. The van der Waals surface area contributed by atoms with E-state index in [1.54, 1.807) is 13.0 Å². The fourth-order valence-electron chi connectivity index (χ4n) is 3.50. The summed E-state index contributed by atoms with van der Waals surface area (Å²) in [6.07, 6.45) is 4.27. The number of aromatic nitrogens is 2. The third-order valence-corrected chi connectivity index (χ3v) is 4.71. The van der Waals surface area contributed by atoms with Crippen molar-refractivity contribution in [2.24, 2.45) is 0 Å². The fraction of sp³-hybridized carbons (Fsp3) is 0.400. The Kier molecular flexibility index (Phi) is 4.01. The van der Waals surface area contributed by atoms with Crippen LogP contribution in [-0.4, -0.2) is 36.6 Å². The van der Waals surface area contributed by atoms with Crippen molar-refractivity contribution in [1.82, 2.24) is 15.3 Å². The highest BCUT2D eigenvalue weighted by molar-refractivity contribution is 5.76. The third-order valence-electron chi connectivity index (χ3n) is 4.71. The Morgan fingerprint density at radius 1 is 1.30 bits per heavy atom. The molecule has 3 N–H and O–H groups in total. The number of fused-ring (bicyclic) bond motifs is 1. The summed E-state index contributed by atoms with van der Waals surface area (Å²) < 4.78 is 43.5. The minimum Gasteiger partial charge on any atom is -0.491 e. The predicted molar refractivity (Wildman–Crippen MR) is 105 cm³/mol. The molecule has 4 rings (SSSR count). The van der Waals surface area contributed by atoms with E-state index in [2.05, 4.69) is 25.9 Å². The van der Waals surface area contributed by atoms with Gasteiger partial charge in [0.25, 0.3) is 0 Å². The Hall–Kier alpha value is -2.67. The number of hydrogen-bond acceptors (Lipinski definition) is 6. The lowest BCUT2D eigenvalue weighted by atomic mass is 9.99. The second-order valence-electron chi connectivity index (χ2n) is 6.69. The molecule has 2 aromatic heterocycles. The van der Waals surface area contributed by atoms with Crippen LogP contribution >= 0.6 is 0 Å². The Morgan fingerprint density at radius 3 is 3.11 bits per heavy atom. The first-order valence-corrected chi connectivity index (χ1v) is 9.09. The average Bonchev–Trinajstić information content (AvgIpc) is 2.93. The molecule has 6 nitrogen and oxygen atoms in total. The van der Waals surface area contributed by atoms with Gasteiger partial charge in [0.2, 0.25) is 0 Å². The van der Waals surface area contributed by atoms with Crippen LogP contribution in [0.25, 0.3) is 5.57 Å². The van der Waals surface area contributed by atoms with E-state index in [0.29, 0.717) is 53.8 Å². The number of allylic oxidation sites excluding steroid dienone is 1. The minimum absolute atomic E-state index is 0.0605. The van der Waals surface area contributed by atoms with Crippen LogP contribution in [0, 0.1) is 12.7 Å². The van der Waals surface area contributed by atoms with E-state index in [1.165, 1.54) is 6.07 Å². The van der Waals surface area contributed by atoms with E-state index in [0.717, 1.165) is 25.0 Å². The first-order valence-electron chi connectivity index (χ1n) is 10.6. The van der Waals surface area contributed by atoms with Crippen LogP contribution in [-0.2, 0) is 6.42 Å². The van der Waals surface area contributed by atoms with Crippen LogP contribution in [0.2, 0.25) is 0 Å². The smallest absolute Gasteiger partial charge is 0.177 e. The van der Waals surface area contributed by atoms with Gasteiger partial charge in [0, 0.05) is 41.5 Å². The molecule has 0 aliphatic carbocycles. The van der Waals surface area contributed by atoms with E-state index in [1.807, 2.05) is 6.08 Å². The highest BCUT2D eigenvalue weighted by Crippen LogP contribution is 2.40. The number of halogens is 1. The first kappa shape index (κ1) is 14.4. The molecule has 0 saturated carbocycles. The Balaban J connectivity index is 1.72. The summed E-state index contributed by atoms with van der Waals surface area (Å²) in [7, 11) is 0. The zero-order valence-electron chi connectivity index (χ0n) is 18.2. The summed E-state index contributed by atoms with van der Waals surface area (Å²) in [5.74, 6) is 0.408. The highest BCUT2D eigenvalue weighted by atomic mass is 19.1. The number of ether oxygens (including phenoxy) is 1. The molecular weight excluding hydrogens is 345 g/mol. The van der Waals surface area contributed by atoms with Gasteiger partial charge in [0.15, 0.2) is 17.4 Å². The molecule has 2 aliphatic rings. The number of anilines is 3. The van der Waals surface area contributed by atoms with Gasteiger partial charge in [-0.1, -0.05) is 6.08 Å². The maximum Gasteiger partial charge on any atom is 0.177 e. The van der Waals surface area contributed by atoms with Crippen molar-refractivity contribution in [3.8, 4) is 5.75 Å². The second kappa shape index (κ2) is 7.52. The summed E-state index contributed by atoms with van der Waals surface area (Å²) in [6, 6.07) is 3.14. The third kappa shape index (κ3) is 3.60. The summed E-state index contributed by atoms with van der Waals surface area (Å²) in [4.78, 5) is 8.79. The molecule has 0 bridgehead atoms. The maximum atomic E-state index is 15.6. The molecule has 0 aromatic carbocycles. The summed E-state index contributed by atoms with van der Waals surface area (Å²) in [6.45, 7) is 1.43. The second-order valence-corrected chi connectivity index (χ2v) is 6.69. The number of rotatable bonds is 4. The van der Waals surface area contributed by atoms with Gasteiger partial charge >= 0.3 is 0 Å². The van der Waals surface area contributed by atoms with Gasteiger partial charge in [-0.05, 0) is 37.9 Å². The zero-order valence-corrected chi connectivity index (χ0v) is 15.2. The lowest BCUT2D eigenvalue weighted by Crippen LogP contribution is -2.12. The number of pyridine rings is 2. The van der Waals surface area contributed by atoms with Gasteiger partial charge in [-0.3, -0.25) is 0 Å². The van der Waals surface area contributed by atoms with Gasteiger partial charge in [-0.25, -0.2) is 14.4 Å². The summed E-state index contributed by atoms with van der Waals surface area (Å²) in [5.41, 5.74) is 3.03. The molecule has 0 saturated heterocycles. The summed E-state index contributed by atoms with van der Waals surface area (Å²) in [5, 5.41) is 8.67. The Bertz CT molecular complexity index is 993. The molecule has 0 amide bonds. The summed E-state index contributed by atoms with van der Waals surface area (Å²) >= 11 is 0. The molecule has 4 heterocycles. The van der Waals surface area contributed by atoms with Crippen molar-refractivity contribution in [1.29, 1.82) is 0 Å². The zero-order chi connectivity index (χ0) is 21.3. The first-order chi connectivity index (χ1) is 14.3. The van der Waals surface area contributed by atoms with Crippen LogP contribution in [0.4, 0.5) is 21.7 Å². The monoisotopic (exact) mass is 372 g/mol. The Labute approximate surface area is 162 Å². The lowest BCUT2D eigenvalue weighted by Gasteiger charge is -2.16. The molecule has 142 valence electrons. The van der Waals surface area contributed by atoms with Crippen molar-refractivity contribution in [2.45, 2.75) is 26.2 Å². The molecule has 2 aliphatic heterocycles. The molecule has 27 heavy (non-hydrogen) atoms. The molecule has 7 heteroatoms. The van der Waals surface area contributed by atoms with Crippen molar-refractivity contribution in [3.05, 3.63) is 41.0 Å². The van der Waals surface area contributed by atoms with Crippen molar-refractivity contribution < 1.29 is 13.2 Å². The Morgan fingerprint density at radius 2 is 2.22 bits per heavy atom. The fourth-order valence-corrected chi connectivity index (χ4v) is 3.50. The van der Waals surface area contributed by atoms with Gasteiger partial charge in [0.05, 0.1) is 17.9 Å². The van der Waals surface area contributed by atoms with Crippen LogP contribution in [0.1, 0.15) is 33.9 Å². The van der Waals surface area contributed by atoms with E-state index in [4.69, 9.17) is 8.85 Å². The topological polar surface area (TPSA) is 71.1 Å². The molecule has 0 fully saturated rings. The van der Waals surface area contributed by atoms with Crippen molar-refractivity contribution >= 4 is 22.9 Å². The average molecular weight is 372 g/mol. The predicted octanol–water partition coefficient (Wildman–Crippen LogP) is 3.41. The van der Waals surface area contributed by atoms with Crippen molar-refractivity contribution in [2.75, 3.05) is 37.3 Å². The van der Waals surface area contributed by atoms with Gasteiger partial charge in [0.1, 0.15) is 5.82 Å². The van der Waals surface area contributed by atoms with Gasteiger partial charge < -0.3 is 20.7 Å². The van der Waals surface area contributed by atoms with E-state index in [9.17, 15) is 0 Å². The molecule has 2 aromatic rings. The quantitative estimate of drug-likeness (QED) is 0.764. The molecule has 0 unspecified atom stereocenters. The van der Waals surface area contributed by atoms with Crippen LogP contribution in [0.5, 0.6) is 5.75 Å². The molecule has 0 radical (unpaired) electrons. The SMILES string of the molecule is [2H]C([2H])([2H])Nc1cc(C)nc(Nc2nc3c(c(C4=CCNCCC4)c2F)OCC3)c1. The van der Waals surface area contributed by atoms with Gasteiger partial charge in [-0.2, -0.15) is 0 Å². The van der Waals surface area contributed by atoms with Crippen molar-refractivity contribution in [3.63, 3.8) is 0 Å². The number of nitrogens with one attached hydrogen (secondary N) is 3. The van der Waals surface area contributed by atoms with Crippen LogP contribution < -0.4 is 20.7 Å². The number of hydrogen-bond donors (Lipinski definition) is 3. The number of nitrogens with zero attached hydrogens (tertiary/aromatic N) is 2. The molecule has 0 spiro atoms. The number of aryl methyl sites for hydroxylation is 1. The van der Waals surface area contributed by atoms with E-state index >= 15 is 4.39 Å². The van der Waals surface area contributed by atoms with E-state index < -0.39 is 12.8 Å². The normalized spacial score (nSPS) is 18.3. The minimum atomic E-state index is -2.34. The van der Waals surface area contributed by atoms with Gasteiger partial charge in [-0.15, -0.1) is 0 Å².